The molecule has 1 aromatic heterocycles. The van der Waals surface area contributed by atoms with Crippen LogP contribution in [0.4, 0.5) is 0 Å². The number of hydrogen-bond donors (Lipinski definition) is 0. The summed E-state index contributed by atoms with van der Waals surface area (Å²) in [6, 6.07) is 9.86. The molecule has 0 fully saturated rings. The van der Waals surface area contributed by atoms with Gasteiger partial charge in [0.1, 0.15) is 0 Å². The minimum absolute atomic E-state index is 0.0359. The van der Waals surface area contributed by atoms with Gasteiger partial charge >= 0.3 is 0 Å². The number of pyridine rings is 1. The van der Waals surface area contributed by atoms with Gasteiger partial charge in [0.25, 0.3) is 5.91 Å². The second kappa shape index (κ2) is 5.00. The van der Waals surface area contributed by atoms with Crippen LogP contribution in [0.3, 0.4) is 0 Å². The van der Waals surface area contributed by atoms with E-state index in [1.807, 2.05) is 37.3 Å². The Bertz CT molecular complexity index is 562. The summed E-state index contributed by atoms with van der Waals surface area (Å²) in [5.41, 5.74) is 3.44. The van der Waals surface area contributed by atoms with Gasteiger partial charge in [0.2, 0.25) is 0 Å². The first-order valence-corrected chi connectivity index (χ1v) is 5.75. The lowest BCUT2D eigenvalue weighted by atomic mass is 9.99. The predicted octanol–water partition coefficient (Wildman–Crippen LogP) is 2.56. The molecule has 91 valence electrons. The lowest BCUT2D eigenvalue weighted by Crippen LogP contribution is -2.23. The summed E-state index contributed by atoms with van der Waals surface area (Å²) < 4.78 is 0. The second-order valence-corrected chi connectivity index (χ2v) is 4.35. The fourth-order valence-electron chi connectivity index (χ4n) is 1.82. The van der Waals surface area contributed by atoms with Gasteiger partial charge in [-0.3, -0.25) is 9.78 Å². The molecule has 0 aliphatic heterocycles. The molecule has 3 nitrogen and oxygen atoms in total. The quantitative estimate of drug-likeness (QED) is 0.807. The summed E-state index contributed by atoms with van der Waals surface area (Å²) in [6.07, 6.45) is 4.54. The first-order valence-electron chi connectivity index (χ1n) is 5.75. The molecule has 18 heavy (non-hydrogen) atoms. The first kappa shape index (κ1) is 12.3. The number of benzene rings is 1. The fourth-order valence-corrected chi connectivity index (χ4v) is 1.82. The van der Waals surface area contributed by atoms with E-state index in [2.05, 4.69) is 11.2 Å². The van der Waals surface area contributed by atoms with Crippen LogP contribution in [-0.2, 0) is 0 Å². The van der Waals surface area contributed by atoms with Gasteiger partial charge in [-0.15, -0.1) is 0 Å². The van der Waals surface area contributed by atoms with Crippen molar-refractivity contribution in [2.75, 3.05) is 14.1 Å². The van der Waals surface area contributed by atoms with Crippen molar-refractivity contribution in [3.63, 3.8) is 0 Å². The second-order valence-electron chi connectivity index (χ2n) is 4.35. The minimum Gasteiger partial charge on any atom is -0.345 e. The number of aromatic nitrogens is 1. The molecule has 0 saturated heterocycles. The Morgan fingerprint density at radius 2 is 1.89 bits per heavy atom. The summed E-state index contributed by atoms with van der Waals surface area (Å²) >= 11 is 0. The Hall–Kier alpha value is -2.16. The van der Waals surface area contributed by atoms with Crippen molar-refractivity contribution in [3.8, 4) is 11.1 Å². The average Bonchev–Trinajstić information content (AvgIpc) is 2.39. The van der Waals surface area contributed by atoms with Crippen molar-refractivity contribution in [1.29, 1.82) is 0 Å². The molecular weight excluding hydrogens is 224 g/mol. The van der Waals surface area contributed by atoms with E-state index >= 15 is 0 Å². The monoisotopic (exact) mass is 239 g/mol. The highest BCUT2D eigenvalue weighted by Gasteiger charge is 2.14. The molecule has 1 heterocycles. The molecule has 2 rings (SSSR count). The molecule has 0 atom stereocenters. The van der Waals surface area contributed by atoms with E-state index in [-0.39, 0.29) is 5.91 Å². The SMILES string of the molecule is Cc1c(-c2ccccc2)[c]ncc1C(=O)N(C)C. The molecular formula is C15H15N2O. The molecule has 0 N–H and O–H groups in total. The highest BCUT2D eigenvalue weighted by atomic mass is 16.2. The van der Waals surface area contributed by atoms with Crippen molar-refractivity contribution in [2.45, 2.75) is 6.92 Å². The largest absolute Gasteiger partial charge is 0.345 e. The Kier molecular flexibility index (Phi) is 3.42. The van der Waals surface area contributed by atoms with Crippen LogP contribution in [0.2, 0.25) is 0 Å². The van der Waals surface area contributed by atoms with Crippen molar-refractivity contribution in [3.05, 3.63) is 53.9 Å². The molecule has 3 heteroatoms. The van der Waals surface area contributed by atoms with E-state index in [0.717, 1.165) is 16.7 Å². The molecule has 0 spiro atoms. The lowest BCUT2D eigenvalue weighted by Gasteiger charge is -2.14. The van der Waals surface area contributed by atoms with E-state index in [9.17, 15) is 4.79 Å². The molecule has 1 amide bonds. The summed E-state index contributed by atoms with van der Waals surface area (Å²) in [6.45, 7) is 1.93. The van der Waals surface area contributed by atoms with E-state index in [1.54, 1.807) is 25.2 Å². The third-order valence-electron chi connectivity index (χ3n) is 2.85. The Labute approximate surface area is 107 Å². The fraction of sp³-hybridized carbons (Fsp3) is 0.200. The number of hydrogen-bond acceptors (Lipinski definition) is 2. The van der Waals surface area contributed by atoms with Gasteiger partial charge in [-0.2, -0.15) is 0 Å². The smallest absolute Gasteiger partial charge is 0.255 e. The van der Waals surface area contributed by atoms with Crippen molar-refractivity contribution in [1.82, 2.24) is 9.88 Å². The molecule has 1 aromatic carbocycles. The molecule has 0 aliphatic carbocycles. The van der Waals surface area contributed by atoms with Crippen molar-refractivity contribution >= 4 is 5.91 Å². The number of amides is 1. The van der Waals surface area contributed by atoms with Crippen LogP contribution in [0.25, 0.3) is 11.1 Å². The summed E-state index contributed by atoms with van der Waals surface area (Å²) in [5.74, 6) is -0.0359. The number of nitrogens with zero attached hydrogens (tertiary/aromatic N) is 2. The zero-order valence-corrected chi connectivity index (χ0v) is 10.8. The van der Waals surface area contributed by atoms with E-state index < -0.39 is 0 Å². The Balaban J connectivity index is 2.52. The van der Waals surface area contributed by atoms with E-state index in [0.29, 0.717) is 5.56 Å². The molecule has 0 saturated carbocycles. The van der Waals surface area contributed by atoms with Gasteiger partial charge in [-0.25, -0.2) is 0 Å². The maximum Gasteiger partial charge on any atom is 0.255 e. The summed E-state index contributed by atoms with van der Waals surface area (Å²) in [4.78, 5) is 17.6. The Morgan fingerprint density at radius 3 is 2.50 bits per heavy atom. The number of carbonyl (C=O) groups is 1. The zero-order chi connectivity index (χ0) is 13.1. The van der Waals surface area contributed by atoms with Crippen LogP contribution in [0, 0.1) is 13.1 Å². The predicted molar refractivity (Wildman–Crippen MR) is 71.3 cm³/mol. The van der Waals surface area contributed by atoms with Crippen LogP contribution in [0.5, 0.6) is 0 Å². The maximum atomic E-state index is 12.0. The highest BCUT2D eigenvalue weighted by molar-refractivity contribution is 5.96. The normalized spacial score (nSPS) is 10.2. The van der Waals surface area contributed by atoms with Crippen LogP contribution in [0.1, 0.15) is 15.9 Å². The molecule has 2 aromatic rings. The molecule has 0 bridgehead atoms. The van der Waals surface area contributed by atoms with Gasteiger partial charge < -0.3 is 4.90 Å². The molecule has 0 aliphatic rings. The number of rotatable bonds is 2. The van der Waals surface area contributed by atoms with Crippen LogP contribution < -0.4 is 0 Å². The Morgan fingerprint density at radius 1 is 1.22 bits per heavy atom. The molecule has 0 unspecified atom stereocenters. The van der Waals surface area contributed by atoms with Gasteiger partial charge in [0, 0.05) is 25.9 Å². The van der Waals surface area contributed by atoms with Crippen LogP contribution in [0.15, 0.2) is 36.5 Å². The average molecular weight is 239 g/mol. The van der Waals surface area contributed by atoms with Crippen LogP contribution in [-0.4, -0.2) is 29.9 Å². The third-order valence-corrected chi connectivity index (χ3v) is 2.85. The van der Waals surface area contributed by atoms with Gasteiger partial charge in [0.05, 0.1) is 11.8 Å². The van der Waals surface area contributed by atoms with Gasteiger partial charge in [-0.05, 0) is 18.1 Å². The third kappa shape index (κ3) is 2.25. The van der Waals surface area contributed by atoms with Gasteiger partial charge in [0.15, 0.2) is 0 Å². The maximum absolute atomic E-state index is 12.0. The summed E-state index contributed by atoms with van der Waals surface area (Å²) in [7, 11) is 3.47. The standard InChI is InChI=1S/C15H15N2O/c1-11-13(12-7-5-4-6-8-12)9-16-10-14(11)15(18)17(2)3/h4-8,10H,1-3H3. The number of carbonyl (C=O) groups excluding carboxylic acids is 1. The van der Waals surface area contributed by atoms with Crippen molar-refractivity contribution in [2.24, 2.45) is 0 Å². The van der Waals surface area contributed by atoms with Crippen molar-refractivity contribution < 1.29 is 4.79 Å². The first-order chi connectivity index (χ1) is 8.61. The van der Waals surface area contributed by atoms with E-state index in [4.69, 9.17) is 0 Å². The van der Waals surface area contributed by atoms with E-state index in [1.165, 1.54) is 0 Å². The van der Waals surface area contributed by atoms with Crippen LogP contribution >= 0.6 is 0 Å². The zero-order valence-electron chi connectivity index (χ0n) is 10.8. The summed E-state index contributed by atoms with van der Waals surface area (Å²) in [5, 5.41) is 0. The van der Waals surface area contributed by atoms with Gasteiger partial charge in [-0.1, -0.05) is 30.3 Å². The highest BCUT2D eigenvalue weighted by Crippen LogP contribution is 2.24. The molecule has 1 radical (unpaired) electrons. The lowest BCUT2D eigenvalue weighted by molar-refractivity contribution is 0.0826. The minimum atomic E-state index is -0.0359. The topological polar surface area (TPSA) is 33.2 Å².